The summed E-state index contributed by atoms with van der Waals surface area (Å²) < 4.78 is 0. The monoisotopic (exact) mass is 290 g/mol. The minimum Gasteiger partial charge on any atom is -0.397 e. The highest BCUT2D eigenvalue weighted by Gasteiger charge is 2.30. The molecule has 0 aromatic heterocycles. The molecule has 0 radical (unpaired) electrons. The number of hydrogen-bond donors (Lipinski definition) is 3. The zero-order chi connectivity index (χ0) is 15.6. The molecule has 2 amide bonds. The largest absolute Gasteiger partial charge is 0.397 e. The van der Waals surface area contributed by atoms with Crippen LogP contribution in [-0.4, -0.2) is 31.4 Å². The Bertz CT molecular complexity index is 559. The average Bonchev–Trinajstić information content (AvgIpc) is 2.47. The van der Waals surface area contributed by atoms with Gasteiger partial charge < -0.3 is 21.7 Å². The van der Waals surface area contributed by atoms with Crippen molar-refractivity contribution in [3.8, 4) is 0 Å². The van der Waals surface area contributed by atoms with E-state index in [0.717, 1.165) is 18.5 Å². The molecular formula is C15H22N4O2. The van der Waals surface area contributed by atoms with Gasteiger partial charge in [0.25, 0.3) is 5.91 Å². The summed E-state index contributed by atoms with van der Waals surface area (Å²) in [7, 11) is 1.59. The lowest BCUT2D eigenvalue weighted by atomic mass is 9.92. The molecule has 0 saturated carbocycles. The predicted octanol–water partition coefficient (Wildman–Crippen LogP) is 0.719. The maximum absolute atomic E-state index is 11.8. The summed E-state index contributed by atoms with van der Waals surface area (Å²) >= 11 is 0. The van der Waals surface area contributed by atoms with Gasteiger partial charge in [-0.05, 0) is 38.0 Å². The first kappa shape index (κ1) is 15.2. The number of benzene rings is 1. The summed E-state index contributed by atoms with van der Waals surface area (Å²) in [5, 5.41) is 2.60. The minimum atomic E-state index is -0.284. The molecule has 114 valence electrons. The van der Waals surface area contributed by atoms with E-state index in [2.05, 4.69) is 17.1 Å². The highest BCUT2D eigenvalue weighted by Crippen LogP contribution is 2.32. The molecule has 1 aliphatic rings. The molecule has 1 aromatic rings. The Hall–Kier alpha value is -2.24. The van der Waals surface area contributed by atoms with Gasteiger partial charge in [-0.1, -0.05) is 0 Å². The fourth-order valence-electron chi connectivity index (χ4n) is 2.75. The van der Waals surface area contributed by atoms with Crippen molar-refractivity contribution in [1.82, 2.24) is 5.32 Å². The molecule has 2 atom stereocenters. The second-order valence-electron chi connectivity index (χ2n) is 5.53. The molecule has 5 N–H and O–H groups in total. The van der Waals surface area contributed by atoms with Gasteiger partial charge in [0.05, 0.1) is 17.3 Å². The molecule has 2 rings (SSSR count). The van der Waals surface area contributed by atoms with Gasteiger partial charge in [-0.15, -0.1) is 0 Å². The summed E-state index contributed by atoms with van der Waals surface area (Å²) in [6, 6.07) is 5.44. The molecule has 1 aliphatic heterocycles. The number of piperidine rings is 1. The summed E-state index contributed by atoms with van der Waals surface area (Å²) in [5.74, 6) is -0.621. The summed E-state index contributed by atoms with van der Waals surface area (Å²) in [6.45, 7) is 2.63. The quantitative estimate of drug-likeness (QED) is 0.714. The summed E-state index contributed by atoms with van der Waals surface area (Å²) in [5.41, 5.74) is 13.4. The second kappa shape index (κ2) is 6.03. The number of nitrogen functional groups attached to an aromatic ring is 1. The van der Waals surface area contributed by atoms with Crippen molar-refractivity contribution in [2.24, 2.45) is 11.7 Å². The van der Waals surface area contributed by atoms with Crippen LogP contribution in [0.3, 0.4) is 0 Å². The first-order valence-corrected chi connectivity index (χ1v) is 7.11. The Labute approximate surface area is 124 Å². The van der Waals surface area contributed by atoms with Crippen LogP contribution in [0.5, 0.6) is 0 Å². The van der Waals surface area contributed by atoms with Crippen molar-refractivity contribution in [2.75, 3.05) is 24.2 Å². The number of nitrogens with one attached hydrogen (secondary N) is 1. The molecule has 0 aliphatic carbocycles. The zero-order valence-electron chi connectivity index (χ0n) is 12.4. The SMILES string of the molecule is CNC(=O)c1ccc(N)c(N2CC(C(N)=O)CCC2C)c1. The van der Waals surface area contributed by atoms with Gasteiger partial charge in [0, 0.05) is 25.2 Å². The van der Waals surface area contributed by atoms with E-state index in [0.29, 0.717) is 17.8 Å². The topological polar surface area (TPSA) is 101 Å². The van der Waals surface area contributed by atoms with E-state index >= 15 is 0 Å². The molecule has 21 heavy (non-hydrogen) atoms. The maximum atomic E-state index is 11.8. The smallest absolute Gasteiger partial charge is 0.251 e. The van der Waals surface area contributed by atoms with Gasteiger partial charge in [0.2, 0.25) is 5.91 Å². The fourth-order valence-corrected chi connectivity index (χ4v) is 2.75. The third-order valence-corrected chi connectivity index (χ3v) is 4.11. The van der Waals surface area contributed by atoms with Crippen LogP contribution in [0, 0.1) is 5.92 Å². The van der Waals surface area contributed by atoms with E-state index in [1.54, 1.807) is 25.2 Å². The number of carbonyl (C=O) groups is 2. The van der Waals surface area contributed by atoms with E-state index in [1.807, 2.05) is 0 Å². The van der Waals surface area contributed by atoms with Gasteiger partial charge in [-0.3, -0.25) is 9.59 Å². The Morgan fingerprint density at radius 1 is 1.33 bits per heavy atom. The van der Waals surface area contributed by atoms with Crippen LogP contribution in [0.1, 0.15) is 30.1 Å². The number of nitrogens with two attached hydrogens (primary N) is 2. The lowest BCUT2D eigenvalue weighted by molar-refractivity contribution is -0.122. The third-order valence-electron chi connectivity index (χ3n) is 4.11. The molecule has 1 saturated heterocycles. The van der Waals surface area contributed by atoms with Crippen LogP contribution in [-0.2, 0) is 4.79 Å². The fraction of sp³-hybridized carbons (Fsp3) is 0.467. The first-order valence-electron chi connectivity index (χ1n) is 7.11. The predicted molar refractivity (Wildman–Crippen MR) is 83.0 cm³/mol. The lowest BCUT2D eigenvalue weighted by Crippen LogP contribution is -2.46. The molecule has 6 nitrogen and oxygen atoms in total. The molecule has 0 spiro atoms. The van der Waals surface area contributed by atoms with Crippen LogP contribution in [0.4, 0.5) is 11.4 Å². The van der Waals surface area contributed by atoms with Gasteiger partial charge >= 0.3 is 0 Å². The summed E-state index contributed by atoms with van der Waals surface area (Å²) in [4.78, 5) is 25.3. The first-order chi connectivity index (χ1) is 9.93. The number of amides is 2. The van der Waals surface area contributed by atoms with Crippen LogP contribution >= 0.6 is 0 Å². The number of primary amides is 1. The van der Waals surface area contributed by atoms with Gasteiger partial charge in [0.1, 0.15) is 0 Å². The van der Waals surface area contributed by atoms with Gasteiger partial charge in [0.15, 0.2) is 0 Å². The van der Waals surface area contributed by atoms with E-state index in [9.17, 15) is 9.59 Å². The maximum Gasteiger partial charge on any atom is 0.251 e. The number of carbonyl (C=O) groups excluding carboxylic acids is 2. The highest BCUT2D eigenvalue weighted by atomic mass is 16.2. The Morgan fingerprint density at radius 2 is 2.05 bits per heavy atom. The van der Waals surface area contributed by atoms with E-state index < -0.39 is 0 Å². The second-order valence-corrected chi connectivity index (χ2v) is 5.53. The van der Waals surface area contributed by atoms with E-state index in [-0.39, 0.29) is 23.8 Å². The molecule has 1 heterocycles. The van der Waals surface area contributed by atoms with Crippen LogP contribution in [0.25, 0.3) is 0 Å². The minimum absolute atomic E-state index is 0.160. The average molecular weight is 290 g/mol. The van der Waals surface area contributed by atoms with Crippen molar-refractivity contribution in [1.29, 1.82) is 0 Å². The van der Waals surface area contributed by atoms with Gasteiger partial charge in [-0.25, -0.2) is 0 Å². The van der Waals surface area contributed by atoms with Crippen LogP contribution in [0.2, 0.25) is 0 Å². The molecular weight excluding hydrogens is 268 g/mol. The third kappa shape index (κ3) is 3.09. The number of hydrogen-bond acceptors (Lipinski definition) is 4. The van der Waals surface area contributed by atoms with Crippen molar-refractivity contribution in [3.05, 3.63) is 23.8 Å². The van der Waals surface area contributed by atoms with Crippen molar-refractivity contribution in [3.63, 3.8) is 0 Å². The van der Waals surface area contributed by atoms with E-state index in [1.165, 1.54) is 0 Å². The standard InChI is InChI=1S/C15H22N4O2/c1-9-3-4-11(14(17)20)8-19(9)13-7-10(15(21)18-2)5-6-12(13)16/h5-7,9,11H,3-4,8,16H2,1-2H3,(H2,17,20)(H,18,21). The Balaban J connectivity index is 2.34. The molecule has 2 unspecified atom stereocenters. The Morgan fingerprint density at radius 3 is 2.67 bits per heavy atom. The van der Waals surface area contributed by atoms with Crippen molar-refractivity contribution in [2.45, 2.75) is 25.8 Å². The van der Waals surface area contributed by atoms with Crippen molar-refractivity contribution >= 4 is 23.2 Å². The molecule has 6 heteroatoms. The van der Waals surface area contributed by atoms with Crippen LogP contribution < -0.4 is 21.7 Å². The van der Waals surface area contributed by atoms with Gasteiger partial charge in [-0.2, -0.15) is 0 Å². The highest BCUT2D eigenvalue weighted by molar-refractivity contribution is 5.96. The summed E-state index contributed by atoms with van der Waals surface area (Å²) in [6.07, 6.45) is 1.67. The van der Waals surface area contributed by atoms with Crippen LogP contribution in [0.15, 0.2) is 18.2 Å². The normalized spacial score (nSPS) is 21.9. The molecule has 1 fully saturated rings. The molecule has 1 aromatic carbocycles. The zero-order valence-corrected chi connectivity index (χ0v) is 12.4. The lowest BCUT2D eigenvalue weighted by Gasteiger charge is -2.39. The van der Waals surface area contributed by atoms with E-state index in [4.69, 9.17) is 11.5 Å². The molecule has 0 bridgehead atoms. The number of nitrogens with zero attached hydrogens (tertiary/aromatic N) is 1. The Kier molecular flexibility index (Phi) is 4.35. The van der Waals surface area contributed by atoms with Crippen molar-refractivity contribution < 1.29 is 9.59 Å². The number of rotatable bonds is 3. The number of anilines is 2.